The molecule has 0 radical (unpaired) electrons. The van der Waals surface area contributed by atoms with Crippen molar-refractivity contribution in [2.45, 2.75) is 0 Å². The number of para-hydroxylation sites is 1. The molecular weight excluding hydrogens is 386 g/mol. The summed E-state index contributed by atoms with van der Waals surface area (Å²) >= 11 is 1.63. The number of nitrogens with two attached hydrogens (primary N) is 1. The van der Waals surface area contributed by atoms with Crippen LogP contribution in [0.3, 0.4) is 0 Å². The Balaban J connectivity index is 1.43. The van der Waals surface area contributed by atoms with Gasteiger partial charge in [-0.1, -0.05) is 12.1 Å². The maximum Gasteiger partial charge on any atom is 0.255 e. The summed E-state index contributed by atoms with van der Waals surface area (Å²) in [6.45, 7) is -0.202. The van der Waals surface area contributed by atoms with Gasteiger partial charge in [0.15, 0.2) is 6.61 Å². The van der Waals surface area contributed by atoms with Gasteiger partial charge in [0.25, 0.3) is 11.8 Å². The normalized spacial score (nSPS) is 10.6. The lowest BCUT2D eigenvalue weighted by Crippen LogP contribution is -2.20. The molecule has 4 aromatic rings. The van der Waals surface area contributed by atoms with Crippen LogP contribution in [0.5, 0.6) is 5.75 Å². The molecule has 0 bridgehead atoms. The molecule has 0 saturated carbocycles. The van der Waals surface area contributed by atoms with Crippen LogP contribution >= 0.6 is 11.3 Å². The second-order valence-electron chi connectivity index (χ2n) is 6.30. The number of primary amides is 1. The summed E-state index contributed by atoms with van der Waals surface area (Å²) in [7, 11) is 0. The summed E-state index contributed by atoms with van der Waals surface area (Å²) in [5.41, 5.74) is 8.19. The molecule has 1 heterocycles. The van der Waals surface area contributed by atoms with E-state index in [2.05, 4.69) is 16.4 Å². The predicted molar refractivity (Wildman–Crippen MR) is 114 cm³/mol. The smallest absolute Gasteiger partial charge is 0.255 e. The third-order valence-corrected chi connectivity index (χ3v) is 5.27. The first kappa shape index (κ1) is 18.6. The number of benzene rings is 3. The van der Waals surface area contributed by atoms with Crippen molar-refractivity contribution in [3.8, 4) is 16.3 Å². The number of nitrogens with zero attached hydrogens (tertiary/aromatic N) is 1. The molecule has 0 saturated heterocycles. The van der Waals surface area contributed by atoms with Gasteiger partial charge in [-0.3, -0.25) is 9.59 Å². The van der Waals surface area contributed by atoms with Gasteiger partial charge in [0, 0.05) is 16.8 Å². The highest BCUT2D eigenvalue weighted by molar-refractivity contribution is 7.21. The van der Waals surface area contributed by atoms with Crippen LogP contribution < -0.4 is 15.8 Å². The lowest BCUT2D eigenvalue weighted by molar-refractivity contribution is -0.119. The number of fused-ring (bicyclic) bond motifs is 1. The zero-order valence-electron chi connectivity index (χ0n) is 15.3. The van der Waals surface area contributed by atoms with E-state index in [0.29, 0.717) is 17.0 Å². The molecule has 0 aliphatic rings. The first-order valence-electron chi connectivity index (χ1n) is 8.87. The number of aromatic nitrogens is 1. The minimum Gasteiger partial charge on any atom is -0.484 e. The van der Waals surface area contributed by atoms with E-state index in [-0.39, 0.29) is 12.5 Å². The molecule has 0 aliphatic heterocycles. The Kier molecular flexibility index (Phi) is 5.22. The summed E-state index contributed by atoms with van der Waals surface area (Å²) in [6, 6.07) is 22.1. The number of carbonyl (C=O) groups is 2. The fourth-order valence-electron chi connectivity index (χ4n) is 2.75. The summed E-state index contributed by atoms with van der Waals surface area (Å²) in [5, 5.41) is 3.80. The summed E-state index contributed by atoms with van der Waals surface area (Å²) in [5.74, 6) is -0.319. The van der Waals surface area contributed by atoms with Crippen molar-refractivity contribution in [1.29, 1.82) is 0 Å². The first-order chi connectivity index (χ1) is 14.1. The van der Waals surface area contributed by atoms with Gasteiger partial charge in [-0.25, -0.2) is 4.98 Å². The molecule has 3 aromatic carbocycles. The molecule has 1 aromatic heterocycles. The average molecular weight is 403 g/mol. The largest absolute Gasteiger partial charge is 0.484 e. The second-order valence-corrected chi connectivity index (χ2v) is 7.33. The van der Waals surface area contributed by atoms with Gasteiger partial charge in [-0.2, -0.15) is 0 Å². The van der Waals surface area contributed by atoms with Crippen LogP contribution in [0.15, 0.2) is 72.8 Å². The highest BCUT2D eigenvalue weighted by atomic mass is 32.1. The molecule has 0 spiro atoms. The second kappa shape index (κ2) is 8.12. The Morgan fingerprint density at radius 3 is 2.38 bits per heavy atom. The van der Waals surface area contributed by atoms with Crippen molar-refractivity contribution in [2.75, 3.05) is 11.9 Å². The quantitative estimate of drug-likeness (QED) is 0.507. The molecule has 2 amide bonds. The van der Waals surface area contributed by atoms with E-state index in [1.165, 1.54) is 0 Å². The number of amides is 2. The SMILES string of the molecule is NC(=O)COc1ccc(C(=O)Nc2ccc(-c3nc4ccccc4s3)cc2)cc1. The Bertz CT molecular complexity index is 1140. The summed E-state index contributed by atoms with van der Waals surface area (Å²) in [4.78, 5) is 27.8. The van der Waals surface area contributed by atoms with Gasteiger partial charge < -0.3 is 15.8 Å². The fraction of sp³-hybridized carbons (Fsp3) is 0.0455. The standard InChI is InChI=1S/C22H17N3O3S/c23-20(26)13-28-17-11-7-14(8-12-17)21(27)24-16-9-5-15(6-10-16)22-25-18-3-1-2-4-19(18)29-22/h1-12H,13H2,(H2,23,26)(H,24,27). The Hall–Kier alpha value is -3.71. The van der Waals surface area contributed by atoms with E-state index in [4.69, 9.17) is 10.5 Å². The molecule has 144 valence electrons. The van der Waals surface area contributed by atoms with Crippen LogP contribution in [0.25, 0.3) is 20.8 Å². The average Bonchev–Trinajstić information content (AvgIpc) is 3.17. The summed E-state index contributed by atoms with van der Waals surface area (Å²) in [6.07, 6.45) is 0. The van der Waals surface area contributed by atoms with Gasteiger partial charge in [-0.15, -0.1) is 11.3 Å². The van der Waals surface area contributed by atoms with Crippen LogP contribution in [0.2, 0.25) is 0 Å². The van der Waals surface area contributed by atoms with Crippen LogP contribution in [0, 0.1) is 0 Å². The lowest BCUT2D eigenvalue weighted by Gasteiger charge is -2.07. The molecule has 7 heteroatoms. The van der Waals surface area contributed by atoms with Crippen LogP contribution in [-0.4, -0.2) is 23.4 Å². The third kappa shape index (κ3) is 4.41. The highest BCUT2D eigenvalue weighted by Gasteiger charge is 2.09. The van der Waals surface area contributed by atoms with E-state index in [0.717, 1.165) is 20.8 Å². The van der Waals surface area contributed by atoms with Gasteiger partial charge in [-0.05, 0) is 60.7 Å². The molecule has 29 heavy (non-hydrogen) atoms. The molecule has 6 nitrogen and oxygen atoms in total. The number of hydrogen-bond donors (Lipinski definition) is 2. The molecule has 0 aliphatic carbocycles. The zero-order chi connectivity index (χ0) is 20.2. The van der Waals surface area contributed by atoms with Crippen molar-refractivity contribution in [3.63, 3.8) is 0 Å². The van der Waals surface area contributed by atoms with Crippen molar-refractivity contribution in [2.24, 2.45) is 5.73 Å². The molecule has 0 fully saturated rings. The monoisotopic (exact) mass is 403 g/mol. The minimum absolute atomic E-state index is 0.202. The Morgan fingerprint density at radius 1 is 0.966 bits per heavy atom. The third-order valence-electron chi connectivity index (χ3n) is 4.18. The molecular formula is C22H17N3O3S. The number of rotatable bonds is 6. The molecule has 0 unspecified atom stereocenters. The number of thiazole rings is 1. The molecule has 0 atom stereocenters. The van der Waals surface area contributed by atoms with Crippen molar-refractivity contribution in [1.82, 2.24) is 4.98 Å². The van der Waals surface area contributed by atoms with Crippen molar-refractivity contribution < 1.29 is 14.3 Å². The number of nitrogens with one attached hydrogen (secondary N) is 1. The summed E-state index contributed by atoms with van der Waals surface area (Å²) < 4.78 is 6.33. The van der Waals surface area contributed by atoms with Gasteiger partial charge >= 0.3 is 0 Å². The number of hydrogen-bond acceptors (Lipinski definition) is 5. The first-order valence-corrected chi connectivity index (χ1v) is 9.69. The molecule has 3 N–H and O–H groups in total. The Morgan fingerprint density at radius 2 is 1.69 bits per heavy atom. The van der Waals surface area contributed by atoms with Crippen molar-refractivity contribution in [3.05, 3.63) is 78.4 Å². The number of ether oxygens (including phenoxy) is 1. The molecule has 4 rings (SSSR count). The predicted octanol–water partition coefficient (Wildman–Crippen LogP) is 4.08. The number of anilines is 1. The van der Waals surface area contributed by atoms with Crippen molar-refractivity contribution >= 4 is 39.1 Å². The van der Waals surface area contributed by atoms with E-state index in [1.807, 2.05) is 42.5 Å². The van der Waals surface area contributed by atoms with E-state index < -0.39 is 5.91 Å². The van der Waals surface area contributed by atoms with E-state index >= 15 is 0 Å². The maximum atomic E-state index is 12.4. The lowest BCUT2D eigenvalue weighted by atomic mass is 10.2. The van der Waals surface area contributed by atoms with E-state index in [9.17, 15) is 9.59 Å². The van der Waals surface area contributed by atoms with Gasteiger partial charge in [0.05, 0.1) is 10.2 Å². The van der Waals surface area contributed by atoms with Crippen LogP contribution in [0.4, 0.5) is 5.69 Å². The van der Waals surface area contributed by atoms with Crippen LogP contribution in [-0.2, 0) is 4.79 Å². The minimum atomic E-state index is -0.555. The number of carbonyl (C=O) groups excluding carboxylic acids is 2. The Labute approximate surface area is 171 Å². The maximum absolute atomic E-state index is 12.4. The van der Waals surface area contributed by atoms with Gasteiger partial charge in [0.2, 0.25) is 0 Å². The topological polar surface area (TPSA) is 94.3 Å². The van der Waals surface area contributed by atoms with Gasteiger partial charge in [0.1, 0.15) is 10.8 Å². The fourth-order valence-corrected chi connectivity index (χ4v) is 3.72. The van der Waals surface area contributed by atoms with E-state index in [1.54, 1.807) is 35.6 Å². The highest BCUT2D eigenvalue weighted by Crippen LogP contribution is 2.30. The van der Waals surface area contributed by atoms with Crippen LogP contribution in [0.1, 0.15) is 10.4 Å². The zero-order valence-corrected chi connectivity index (χ0v) is 16.1.